The van der Waals surface area contributed by atoms with Gasteiger partial charge < -0.3 is 25.0 Å². The van der Waals surface area contributed by atoms with Crippen molar-refractivity contribution in [1.29, 1.82) is 0 Å². The van der Waals surface area contributed by atoms with Gasteiger partial charge >= 0.3 is 11.9 Å². The van der Waals surface area contributed by atoms with Crippen LogP contribution >= 0.6 is 23.6 Å². The molecule has 0 radical (unpaired) electrons. The number of anilines is 2. The van der Waals surface area contributed by atoms with Gasteiger partial charge in [0.1, 0.15) is 11.6 Å². The molecule has 1 aromatic carbocycles. The van der Waals surface area contributed by atoms with Gasteiger partial charge in [0.05, 0.1) is 18.2 Å². The summed E-state index contributed by atoms with van der Waals surface area (Å²) in [6.07, 6.45) is 5.22. The lowest BCUT2D eigenvalue weighted by Gasteiger charge is -2.17. The van der Waals surface area contributed by atoms with E-state index in [9.17, 15) is 9.59 Å². The van der Waals surface area contributed by atoms with Crippen LogP contribution in [0, 0.1) is 0 Å². The van der Waals surface area contributed by atoms with Crippen LogP contribution < -0.4 is 10.6 Å². The molecule has 1 heterocycles. The number of rotatable bonds is 9. The normalized spacial score (nSPS) is 13.1. The highest BCUT2D eigenvalue weighted by atomic mass is 32.1. The molecular weight excluding hydrogens is 470 g/mol. The van der Waals surface area contributed by atoms with Crippen molar-refractivity contribution >= 4 is 51.3 Å². The lowest BCUT2D eigenvalue weighted by molar-refractivity contribution is 0.0466. The second-order valence-electron chi connectivity index (χ2n) is 8.08. The number of nitrogens with one attached hydrogen (secondary N) is 2. The van der Waals surface area contributed by atoms with Crippen LogP contribution in [0.15, 0.2) is 24.3 Å². The molecule has 2 aromatic rings. The fourth-order valence-corrected chi connectivity index (χ4v) is 5.56. The first-order valence-corrected chi connectivity index (χ1v) is 13.0. The van der Waals surface area contributed by atoms with E-state index in [0.29, 0.717) is 27.8 Å². The molecule has 0 amide bonds. The summed E-state index contributed by atoms with van der Waals surface area (Å²) in [7, 11) is 1.40. The van der Waals surface area contributed by atoms with Gasteiger partial charge in [-0.05, 0) is 80.8 Å². The maximum atomic E-state index is 12.5. The maximum absolute atomic E-state index is 12.5. The summed E-state index contributed by atoms with van der Waals surface area (Å²) in [4.78, 5) is 28.2. The van der Waals surface area contributed by atoms with Crippen LogP contribution in [0.5, 0.6) is 0 Å². The Balaban J connectivity index is 1.60. The van der Waals surface area contributed by atoms with Crippen molar-refractivity contribution in [3.05, 3.63) is 45.8 Å². The number of carbonyl (C=O) groups excluding carboxylic acids is 2. The van der Waals surface area contributed by atoms with Gasteiger partial charge in [-0.1, -0.05) is 20.3 Å². The van der Waals surface area contributed by atoms with Gasteiger partial charge in [-0.25, -0.2) is 9.59 Å². The van der Waals surface area contributed by atoms with Crippen LogP contribution in [0.1, 0.15) is 64.3 Å². The Morgan fingerprint density at radius 2 is 1.74 bits per heavy atom. The second kappa shape index (κ2) is 12.8. The van der Waals surface area contributed by atoms with E-state index in [0.717, 1.165) is 56.6 Å². The summed E-state index contributed by atoms with van der Waals surface area (Å²) in [5, 5.41) is 7.39. The molecule has 34 heavy (non-hydrogen) atoms. The Morgan fingerprint density at radius 3 is 2.41 bits per heavy atom. The highest BCUT2D eigenvalue weighted by molar-refractivity contribution is 7.80. The molecule has 1 aliphatic rings. The third-order valence-electron chi connectivity index (χ3n) is 5.95. The highest BCUT2D eigenvalue weighted by Crippen LogP contribution is 2.38. The molecule has 3 rings (SSSR count). The van der Waals surface area contributed by atoms with E-state index in [2.05, 4.69) is 29.4 Å². The van der Waals surface area contributed by atoms with Gasteiger partial charge in [0, 0.05) is 17.1 Å². The molecule has 7 nitrogen and oxygen atoms in total. The number of fused-ring (bicyclic) bond motifs is 1. The summed E-state index contributed by atoms with van der Waals surface area (Å²) in [5.74, 6) is -0.684. The van der Waals surface area contributed by atoms with E-state index < -0.39 is 0 Å². The minimum Gasteiger partial charge on any atom is -0.465 e. The van der Waals surface area contributed by atoms with Crippen LogP contribution in [0.25, 0.3) is 0 Å². The minimum atomic E-state index is -0.345. The number of thiophene rings is 1. The van der Waals surface area contributed by atoms with Crippen molar-refractivity contribution in [2.24, 2.45) is 0 Å². The van der Waals surface area contributed by atoms with Crippen LogP contribution in [0.2, 0.25) is 0 Å². The van der Waals surface area contributed by atoms with Gasteiger partial charge in [0.2, 0.25) is 0 Å². The van der Waals surface area contributed by atoms with E-state index >= 15 is 0 Å². The molecule has 0 bridgehead atoms. The second-order valence-corrected chi connectivity index (χ2v) is 9.59. The molecule has 0 saturated heterocycles. The number of methoxy groups -OCH3 is 1. The van der Waals surface area contributed by atoms with E-state index in [1.54, 1.807) is 35.6 Å². The van der Waals surface area contributed by atoms with E-state index in [1.165, 1.54) is 18.4 Å². The zero-order chi connectivity index (χ0) is 24.5. The molecule has 0 atom stereocenters. The van der Waals surface area contributed by atoms with E-state index in [1.807, 2.05) is 0 Å². The molecule has 9 heteroatoms. The monoisotopic (exact) mass is 503 g/mol. The number of carbonyl (C=O) groups is 2. The number of hydrogen-bond acceptors (Lipinski definition) is 7. The maximum Gasteiger partial charge on any atom is 0.341 e. The molecule has 0 saturated carbocycles. The van der Waals surface area contributed by atoms with Gasteiger partial charge in [0.15, 0.2) is 5.11 Å². The average Bonchev–Trinajstić information content (AvgIpc) is 3.01. The third kappa shape index (κ3) is 6.77. The van der Waals surface area contributed by atoms with Gasteiger partial charge in [0.25, 0.3) is 0 Å². The van der Waals surface area contributed by atoms with Crippen LogP contribution in [0.4, 0.5) is 10.7 Å². The summed E-state index contributed by atoms with van der Waals surface area (Å²) in [5.41, 5.74) is 2.90. The van der Waals surface area contributed by atoms with Gasteiger partial charge in [-0.3, -0.25) is 0 Å². The number of benzene rings is 1. The number of aryl methyl sites for hydroxylation is 1. The Hall–Kier alpha value is -2.49. The van der Waals surface area contributed by atoms with Crippen molar-refractivity contribution in [2.45, 2.75) is 46.0 Å². The van der Waals surface area contributed by atoms with Crippen molar-refractivity contribution in [1.82, 2.24) is 4.90 Å². The number of thiocarbonyl (C=S) groups is 1. The van der Waals surface area contributed by atoms with Crippen molar-refractivity contribution in [3.63, 3.8) is 0 Å². The first-order valence-electron chi connectivity index (χ1n) is 11.8. The molecule has 2 N–H and O–H groups in total. The fraction of sp³-hybridized carbons (Fsp3) is 0.480. The van der Waals surface area contributed by atoms with E-state index in [4.69, 9.17) is 21.7 Å². The highest BCUT2D eigenvalue weighted by Gasteiger charge is 2.25. The molecule has 0 fully saturated rings. The Kier molecular flexibility index (Phi) is 9.86. The van der Waals surface area contributed by atoms with Crippen LogP contribution in [-0.2, 0) is 22.3 Å². The number of ether oxygens (including phenoxy) is 2. The molecule has 1 aliphatic carbocycles. The summed E-state index contributed by atoms with van der Waals surface area (Å²) in [6, 6.07) is 6.97. The summed E-state index contributed by atoms with van der Waals surface area (Å²) in [6.45, 7) is 7.11. The van der Waals surface area contributed by atoms with Gasteiger partial charge in [-0.2, -0.15) is 0 Å². The first-order chi connectivity index (χ1) is 16.5. The fourth-order valence-electron chi connectivity index (χ4n) is 3.99. The number of nitrogens with zero attached hydrogens (tertiary/aromatic N) is 1. The minimum absolute atomic E-state index is 0.339. The van der Waals surface area contributed by atoms with Crippen LogP contribution in [0.3, 0.4) is 0 Å². The molecule has 1 aromatic heterocycles. The predicted molar refractivity (Wildman–Crippen MR) is 141 cm³/mol. The summed E-state index contributed by atoms with van der Waals surface area (Å²) >= 11 is 7.07. The topological polar surface area (TPSA) is 79.9 Å². The number of esters is 2. The van der Waals surface area contributed by atoms with Crippen molar-refractivity contribution in [2.75, 3.05) is 44.0 Å². The number of likely N-dealkylation sites (N-methyl/N-ethyl adjacent to an activating group) is 1. The first kappa shape index (κ1) is 26.1. The summed E-state index contributed by atoms with van der Waals surface area (Å²) < 4.78 is 10.4. The molecule has 0 unspecified atom stereocenters. The zero-order valence-electron chi connectivity index (χ0n) is 20.1. The lowest BCUT2D eigenvalue weighted by atomic mass is 10.1. The molecular formula is C25H33N3O4S2. The van der Waals surface area contributed by atoms with Crippen molar-refractivity contribution in [3.8, 4) is 0 Å². The Bertz CT molecular complexity index is 1000. The third-order valence-corrected chi connectivity index (χ3v) is 7.36. The smallest absolute Gasteiger partial charge is 0.341 e. The largest absolute Gasteiger partial charge is 0.465 e. The van der Waals surface area contributed by atoms with Crippen LogP contribution in [-0.4, -0.2) is 55.3 Å². The van der Waals surface area contributed by atoms with Gasteiger partial charge in [-0.15, -0.1) is 11.3 Å². The lowest BCUT2D eigenvalue weighted by Crippen LogP contribution is -2.27. The Morgan fingerprint density at radius 1 is 1.03 bits per heavy atom. The van der Waals surface area contributed by atoms with E-state index in [-0.39, 0.29) is 11.9 Å². The zero-order valence-corrected chi connectivity index (χ0v) is 21.7. The SMILES string of the molecule is CCN(CC)CCOC(=O)c1ccc(NC(=S)Nc2sc3c(c2C(=O)OC)CCCCC3)cc1. The average molecular weight is 504 g/mol. The molecule has 184 valence electrons. The standard InChI is InChI=1S/C25H33N3O4S2/c1-4-28(5-2)15-16-32-23(29)17-11-13-18(14-12-17)26-25(33)27-22-21(24(30)31-3)19-9-7-6-8-10-20(19)34-22/h11-14H,4-10,15-16H2,1-3H3,(H2,26,27,33). The Labute approximate surface area is 210 Å². The van der Waals surface area contributed by atoms with Crippen molar-refractivity contribution < 1.29 is 19.1 Å². The number of hydrogen-bond donors (Lipinski definition) is 2. The molecule has 0 spiro atoms. The molecule has 0 aliphatic heterocycles. The predicted octanol–water partition coefficient (Wildman–Crippen LogP) is 5.11. The quantitative estimate of drug-likeness (QED) is 0.278.